The maximum atomic E-state index is 10.2. The summed E-state index contributed by atoms with van der Waals surface area (Å²) < 4.78 is 0. The van der Waals surface area contributed by atoms with Crippen molar-refractivity contribution in [2.24, 2.45) is 0 Å². The van der Waals surface area contributed by atoms with E-state index >= 15 is 0 Å². The molecule has 0 fully saturated rings. The van der Waals surface area contributed by atoms with Gasteiger partial charge in [-0.2, -0.15) is 0 Å². The molecule has 8 heteroatoms. The van der Waals surface area contributed by atoms with Gasteiger partial charge in [-0.3, -0.25) is 0 Å². The Balaban J connectivity index is 3.30. The molecule has 100 valence electrons. The second-order valence-electron chi connectivity index (χ2n) is 3.18. The number of aliphatic hydroxyl groups excluding tert-OH is 2. The molecule has 0 aliphatic heterocycles. The molecule has 0 bridgehead atoms. The van der Waals surface area contributed by atoms with Crippen LogP contribution in [0.5, 0.6) is 0 Å². The van der Waals surface area contributed by atoms with Crippen LogP contribution in [0, 0.1) is 0 Å². The Morgan fingerprint density at radius 1 is 0.824 bits per heavy atom. The molecule has 0 saturated carbocycles. The number of thioether (sulfide) groups is 2. The van der Waals surface area contributed by atoms with Gasteiger partial charge in [0.15, 0.2) is 10.9 Å². The third-order valence-electron chi connectivity index (χ3n) is 1.76. The molecule has 0 aromatic heterocycles. The van der Waals surface area contributed by atoms with E-state index in [0.29, 0.717) is 11.5 Å². The van der Waals surface area contributed by atoms with Crippen LogP contribution >= 0.6 is 23.5 Å². The average Bonchev–Trinajstić information content (AvgIpc) is 2.26. The lowest BCUT2D eigenvalue weighted by molar-refractivity contribution is -0.142. The maximum absolute atomic E-state index is 10.2. The van der Waals surface area contributed by atoms with Crippen molar-refractivity contribution in [1.29, 1.82) is 0 Å². The largest absolute Gasteiger partial charge is 0.479 e. The Bertz CT molecular complexity index is 224. The van der Waals surface area contributed by atoms with E-state index in [-0.39, 0.29) is 0 Å². The molecule has 17 heavy (non-hydrogen) atoms. The Hall–Kier alpha value is -0.440. The lowest BCUT2D eigenvalue weighted by atomic mass is 10.3. The first-order valence-electron chi connectivity index (χ1n) is 5.00. The first-order chi connectivity index (χ1) is 7.95. The quantitative estimate of drug-likeness (QED) is 0.337. The lowest BCUT2D eigenvalue weighted by Crippen LogP contribution is -2.15. The van der Waals surface area contributed by atoms with E-state index in [9.17, 15) is 9.59 Å². The summed E-state index contributed by atoms with van der Waals surface area (Å²) in [5.74, 6) is -1.40. The van der Waals surface area contributed by atoms with E-state index in [4.69, 9.17) is 20.4 Å². The van der Waals surface area contributed by atoms with Crippen molar-refractivity contribution >= 4 is 35.5 Å². The summed E-state index contributed by atoms with van der Waals surface area (Å²) in [6.45, 7) is 0. The summed E-state index contributed by atoms with van der Waals surface area (Å²) in [5.41, 5.74) is -2.75. The molecule has 4 N–H and O–H groups in total. The zero-order valence-corrected chi connectivity index (χ0v) is 10.7. The van der Waals surface area contributed by atoms with Gasteiger partial charge in [-0.25, -0.2) is 9.59 Å². The monoisotopic (exact) mass is 284 g/mol. The van der Waals surface area contributed by atoms with Crippen LogP contribution in [-0.2, 0) is 9.59 Å². The minimum absolute atomic E-state index is 0.541. The van der Waals surface area contributed by atoms with Crippen molar-refractivity contribution in [1.82, 2.24) is 0 Å². The molecule has 0 radical (unpaired) electrons. The second-order valence-corrected chi connectivity index (χ2v) is 5.56. The molecule has 0 amide bonds. The van der Waals surface area contributed by atoms with Crippen LogP contribution in [0.15, 0.2) is 0 Å². The molecular weight excluding hydrogens is 268 g/mol. The fourth-order valence-electron chi connectivity index (χ4n) is 0.913. The standard InChI is InChI=1S/C9H16O6S2/c10-6(11)8(14)16-4-2-1-3-5-17-9(15)7(12)13/h8-9,14-15H,1-5H2,(H,10,11)(H,12,13). The zero-order chi connectivity index (χ0) is 13.3. The molecule has 0 aromatic carbocycles. The number of unbranched alkanes of at least 4 members (excludes halogenated alkanes) is 2. The minimum atomic E-state index is -1.38. The van der Waals surface area contributed by atoms with E-state index in [1.807, 2.05) is 0 Å². The minimum Gasteiger partial charge on any atom is -0.479 e. The highest BCUT2D eigenvalue weighted by Gasteiger charge is 2.13. The predicted molar refractivity (Wildman–Crippen MR) is 66.1 cm³/mol. The van der Waals surface area contributed by atoms with E-state index in [1.54, 1.807) is 0 Å². The van der Waals surface area contributed by atoms with Crippen LogP contribution in [0.1, 0.15) is 19.3 Å². The molecule has 0 aromatic rings. The SMILES string of the molecule is O=C(O)C(O)SCCCCCSC(O)C(=O)O. The maximum Gasteiger partial charge on any atom is 0.343 e. The summed E-state index contributed by atoms with van der Waals surface area (Å²) in [6.07, 6.45) is 2.30. The Kier molecular flexibility index (Phi) is 9.33. The van der Waals surface area contributed by atoms with Crippen LogP contribution in [-0.4, -0.2) is 54.7 Å². The number of carboxylic acids is 2. The van der Waals surface area contributed by atoms with Gasteiger partial charge in [0, 0.05) is 0 Å². The number of hydrogen-bond donors (Lipinski definition) is 4. The highest BCUT2D eigenvalue weighted by Crippen LogP contribution is 2.15. The van der Waals surface area contributed by atoms with Crippen LogP contribution in [0.25, 0.3) is 0 Å². The second kappa shape index (κ2) is 9.58. The zero-order valence-electron chi connectivity index (χ0n) is 9.11. The fraction of sp³-hybridized carbons (Fsp3) is 0.778. The van der Waals surface area contributed by atoms with Gasteiger partial charge in [-0.1, -0.05) is 6.42 Å². The highest BCUT2D eigenvalue weighted by atomic mass is 32.2. The molecule has 0 rings (SSSR count). The van der Waals surface area contributed by atoms with Crippen LogP contribution in [0.4, 0.5) is 0 Å². The molecule has 6 nitrogen and oxygen atoms in total. The topological polar surface area (TPSA) is 115 Å². The normalized spacial score (nSPS) is 14.2. The molecule has 2 atom stereocenters. The summed E-state index contributed by atoms with van der Waals surface area (Å²) in [5, 5.41) is 34.6. The van der Waals surface area contributed by atoms with Gasteiger partial charge in [0.05, 0.1) is 0 Å². The van der Waals surface area contributed by atoms with E-state index in [1.165, 1.54) is 0 Å². The average molecular weight is 284 g/mol. The van der Waals surface area contributed by atoms with Crippen LogP contribution in [0.2, 0.25) is 0 Å². The number of hydrogen-bond acceptors (Lipinski definition) is 6. The predicted octanol–water partition coefficient (Wildman–Crippen LogP) is 0.429. The van der Waals surface area contributed by atoms with Gasteiger partial charge >= 0.3 is 11.9 Å². The van der Waals surface area contributed by atoms with Gasteiger partial charge in [-0.05, 0) is 24.3 Å². The fourth-order valence-corrected chi connectivity index (χ4v) is 2.39. The molecule has 2 unspecified atom stereocenters. The van der Waals surface area contributed by atoms with Crippen molar-refractivity contribution in [2.75, 3.05) is 11.5 Å². The van der Waals surface area contributed by atoms with Crippen molar-refractivity contribution in [3.8, 4) is 0 Å². The van der Waals surface area contributed by atoms with Crippen molar-refractivity contribution in [3.05, 3.63) is 0 Å². The highest BCUT2D eigenvalue weighted by molar-refractivity contribution is 8.00. The summed E-state index contributed by atoms with van der Waals surface area (Å²) in [4.78, 5) is 20.5. The molecule has 0 saturated heterocycles. The smallest absolute Gasteiger partial charge is 0.343 e. The van der Waals surface area contributed by atoms with Gasteiger partial charge in [-0.15, -0.1) is 23.5 Å². The van der Waals surface area contributed by atoms with Crippen molar-refractivity contribution in [2.45, 2.75) is 30.1 Å². The summed E-state index contributed by atoms with van der Waals surface area (Å²) in [7, 11) is 0. The molecule has 0 spiro atoms. The van der Waals surface area contributed by atoms with E-state index < -0.39 is 22.8 Å². The first kappa shape index (κ1) is 16.6. The first-order valence-corrected chi connectivity index (χ1v) is 7.10. The van der Waals surface area contributed by atoms with Gasteiger partial charge in [0.2, 0.25) is 0 Å². The number of rotatable bonds is 10. The number of carboxylic acid groups (broad SMARTS) is 2. The Morgan fingerprint density at radius 2 is 1.18 bits per heavy atom. The molecule has 0 aliphatic carbocycles. The molecular formula is C9H16O6S2. The summed E-state index contributed by atoms with van der Waals surface area (Å²) >= 11 is 1.92. The summed E-state index contributed by atoms with van der Waals surface area (Å²) in [6, 6.07) is 0. The Morgan fingerprint density at radius 3 is 1.47 bits per heavy atom. The van der Waals surface area contributed by atoms with Crippen LogP contribution in [0.3, 0.4) is 0 Å². The van der Waals surface area contributed by atoms with E-state index in [2.05, 4.69) is 0 Å². The van der Waals surface area contributed by atoms with Gasteiger partial charge < -0.3 is 20.4 Å². The Labute approximate surface area is 107 Å². The third kappa shape index (κ3) is 9.28. The number of aliphatic hydroxyl groups is 2. The lowest BCUT2D eigenvalue weighted by Gasteiger charge is -2.06. The molecule has 0 aliphatic rings. The third-order valence-corrected chi connectivity index (χ3v) is 3.85. The molecule has 0 heterocycles. The van der Waals surface area contributed by atoms with Gasteiger partial charge in [0.25, 0.3) is 0 Å². The number of carbonyl (C=O) groups is 2. The number of aliphatic carboxylic acids is 2. The van der Waals surface area contributed by atoms with Crippen molar-refractivity contribution in [3.63, 3.8) is 0 Å². The van der Waals surface area contributed by atoms with Crippen LogP contribution < -0.4 is 0 Å². The van der Waals surface area contributed by atoms with Gasteiger partial charge in [0.1, 0.15) is 0 Å². The van der Waals surface area contributed by atoms with Crippen molar-refractivity contribution < 1.29 is 30.0 Å². The van der Waals surface area contributed by atoms with E-state index in [0.717, 1.165) is 42.8 Å².